The molecule has 1 aliphatic heterocycles. The van der Waals surface area contributed by atoms with E-state index in [0.717, 1.165) is 0 Å². The number of sulfone groups is 1. The zero-order valence-corrected chi connectivity index (χ0v) is 10.3. The van der Waals surface area contributed by atoms with Gasteiger partial charge >= 0.3 is 0 Å². The van der Waals surface area contributed by atoms with Crippen molar-refractivity contribution in [2.75, 3.05) is 5.75 Å². The largest absolute Gasteiger partial charge is 0.367 e. The first-order chi connectivity index (χ1) is 7.42. The van der Waals surface area contributed by atoms with E-state index in [2.05, 4.69) is 0 Å². The molecule has 1 unspecified atom stereocenters. The molecule has 88 valence electrons. The van der Waals surface area contributed by atoms with Crippen molar-refractivity contribution in [1.29, 1.82) is 0 Å². The van der Waals surface area contributed by atoms with Crippen molar-refractivity contribution in [1.82, 2.24) is 0 Å². The fraction of sp³-hybridized carbons (Fsp3) is 0.500. The van der Waals surface area contributed by atoms with Gasteiger partial charge in [-0.05, 0) is 32.4 Å². The Morgan fingerprint density at radius 3 is 2.31 bits per heavy atom. The number of hydrogen-bond acceptors (Lipinski definition) is 3. The predicted octanol–water partition coefficient (Wildman–Crippen LogP) is 2.03. The van der Waals surface area contributed by atoms with E-state index < -0.39 is 9.84 Å². The summed E-state index contributed by atoms with van der Waals surface area (Å²) in [5.74, 6) is 0.158. The van der Waals surface area contributed by atoms with Gasteiger partial charge in [-0.25, -0.2) is 8.42 Å². The highest BCUT2D eigenvalue weighted by molar-refractivity contribution is 7.91. The minimum Gasteiger partial charge on any atom is -0.367 e. The van der Waals surface area contributed by atoms with Crippen LogP contribution in [0.1, 0.15) is 20.3 Å². The molecule has 0 N–H and O–H groups in total. The summed E-state index contributed by atoms with van der Waals surface area (Å²) in [6.45, 7) is 3.96. The standard InChI is InChI=1S/C12H16O3S/c1-12(2)11(15-12)8-9-16(13,14)10-6-4-3-5-7-10/h3-7,11H,8-9H2,1-2H3. The van der Waals surface area contributed by atoms with Crippen LogP contribution in [-0.2, 0) is 14.6 Å². The molecule has 0 aromatic heterocycles. The molecule has 16 heavy (non-hydrogen) atoms. The topological polar surface area (TPSA) is 46.7 Å². The van der Waals surface area contributed by atoms with Crippen LogP contribution >= 0.6 is 0 Å². The van der Waals surface area contributed by atoms with Gasteiger partial charge in [0.05, 0.1) is 22.4 Å². The van der Waals surface area contributed by atoms with Crippen LogP contribution in [0.3, 0.4) is 0 Å². The summed E-state index contributed by atoms with van der Waals surface area (Å²) < 4.78 is 29.2. The Morgan fingerprint density at radius 1 is 1.25 bits per heavy atom. The first kappa shape index (κ1) is 11.6. The van der Waals surface area contributed by atoms with Gasteiger partial charge in [0.1, 0.15) is 0 Å². The number of epoxide rings is 1. The molecule has 1 fully saturated rings. The highest BCUT2D eigenvalue weighted by Crippen LogP contribution is 2.38. The quantitative estimate of drug-likeness (QED) is 0.756. The van der Waals surface area contributed by atoms with Crippen molar-refractivity contribution in [3.05, 3.63) is 30.3 Å². The van der Waals surface area contributed by atoms with Crippen molar-refractivity contribution in [2.24, 2.45) is 0 Å². The van der Waals surface area contributed by atoms with Gasteiger partial charge in [-0.3, -0.25) is 0 Å². The average Bonchev–Trinajstić information content (AvgIpc) is 2.85. The van der Waals surface area contributed by atoms with Crippen LogP contribution in [-0.4, -0.2) is 25.9 Å². The maximum absolute atomic E-state index is 11.9. The molecule has 0 bridgehead atoms. The van der Waals surface area contributed by atoms with Gasteiger partial charge in [0.15, 0.2) is 9.84 Å². The third kappa shape index (κ3) is 2.44. The van der Waals surface area contributed by atoms with Gasteiger partial charge in [0.2, 0.25) is 0 Å². The average molecular weight is 240 g/mol. The van der Waals surface area contributed by atoms with E-state index >= 15 is 0 Å². The molecule has 0 amide bonds. The monoisotopic (exact) mass is 240 g/mol. The Balaban J connectivity index is 2.00. The van der Waals surface area contributed by atoms with Crippen LogP contribution in [0.2, 0.25) is 0 Å². The summed E-state index contributed by atoms with van der Waals surface area (Å²) in [5, 5.41) is 0. The Bertz CT molecular complexity index is 462. The molecule has 0 aliphatic carbocycles. The van der Waals surface area contributed by atoms with Crippen LogP contribution in [0.5, 0.6) is 0 Å². The highest BCUT2D eigenvalue weighted by Gasteiger charge is 2.47. The molecule has 1 atom stereocenters. The molecule has 0 saturated carbocycles. The van der Waals surface area contributed by atoms with Gasteiger partial charge < -0.3 is 4.74 Å². The van der Waals surface area contributed by atoms with E-state index in [-0.39, 0.29) is 17.5 Å². The summed E-state index contributed by atoms with van der Waals surface area (Å²) in [5.41, 5.74) is -0.133. The molecule has 2 rings (SSSR count). The highest BCUT2D eigenvalue weighted by atomic mass is 32.2. The third-order valence-corrected chi connectivity index (χ3v) is 4.68. The molecule has 0 radical (unpaired) electrons. The van der Waals surface area contributed by atoms with Crippen LogP contribution in [0.25, 0.3) is 0 Å². The Labute approximate surface area is 96.4 Å². The normalized spacial score (nSPS) is 23.0. The number of hydrogen-bond donors (Lipinski definition) is 0. The third-order valence-electron chi connectivity index (χ3n) is 2.92. The molecule has 3 nitrogen and oxygen atoms in total. The summed E-state index contributed by atoms with van der Waals surface area (Å²) in [6.07, 6.45) is 0.663. The van der Waals surface area contributed by atoms with E-state index in [9.17, 15) is 8.42 Å². The minimum absolute atomic E-state index is 0.0889. The van der Waals surface area contributed by atoms with E-state index in [1.165, 1.54) is 0 Å². The second kappa shape index (κ2) is 3.86. The van der Waals surface area contributed by atoms with Gasteiger partial charge in [-0.2, -0.15) is 0 Å². The first-order valence-corrected chi connectivity index (χ1v) is 7.03. The van der Waals surface area contributed by atoms with Gasteiger partial charge in [-0.15, -0.1) is 0 Å². The Hall–Kier alpha value is -0.870. The summed E-state index contributed by atoms with van der Waals surface area (Å²) in [6, 6.07) is 8.56. The van der Waals surface area contributed by atoms with Crippen molar-refractivity contribution in [3.8, 4) is 0 Å². The van der Waals surface area contributed by atoms with E-state index in [1.807, 2.05) is 19.9 Å². The zero-order chi connectivity index (χ0) is 11.8. The van der Waals surface area contributed by atoms with E-state index in [0.29, 0.717) is 11.3 Å². The van der Waals surface area contributed by atoms with E-state index in [1.54, 1.807) is 24.3 Å². The fourth-order valence-electron chi connectivity index (χ4n) is 1.75. The zero-order valence-electron chi connectivity index (χ0n) is 9.51. The van der Waals surface area contributed by atoms with Gasteiger partial charge in [-0.1, -0.05) is 18.2 Å². The number of rotatable bonds is 4. The molecule has 1 heterocycles. The summed E-state index contributed by atoms with van der Waals surface area (Å²) >= 11 is 0. The van der Waals surface area contributed by atoms with Crippen molar-refractivity contribution in [3.63, 3.8) is 0 Å². The SMILES string of the molecule is CC1(C)OC1CCS(=O)(=O)c1ccccc1. The molecule has 1 saturated heterocycles. The first-order valence-electron chi connectivity index (χ1n) is 5.37. The summed E-state index contributed by atoms with van der Waals surface area (Å²) in [7, 11) is -3.15. The molecular weight excluding hydrogens is 224 g/mol. The lowest BCUT2D eigenvalue weighted by molar-refractivity contribution is 0.322. The molecular formula is C12H16O3S. The lowest BCUT2D eigenvalue weighted by Gasteiger charge is -2.03. The molecule has 0 spiro atoms. The smallest absolute Gasteiger partial charge is 0.178 e. The second-order valence-corrected chi connectivity index (χ2v) is 6.74. The maximum atomic E-state index is 11.9. The van der Waals surface area contributed by atoms with Crippen molar-refractivity contribution < 1.29 is 13.2 Å². The van der Waals surface area contributed by atoms with Crippen molar-refractivity contribution >= 4 is 9.84 Å². The second-order valence-electron chi connectivity index (χ2n) is 4.63. The minimum atomic E-state index is -3.15. The maximum Gasteiger partial charge on any atom is 0.178 e. The van der Waals surface area contributed by atoms with Crippen LogP contribution < -0.4 is 0 Å². The number of ether oxygens (including phenoxy) is 1. The fourth-order valence-corrected chi connectivity index (χ4v) is 3.08. The lowest BCUT2D eigenvalue weighted by Crippen LogP contribution is -2.12. The van der Waals surface area contributed by atoms with Gasteiger partial charge in [0, 0.05) is 0 Å². The molecule has 1 aromatic rings. The Morgan fingerprint density at radius 2 is 1.81 bits per heavy atom. The van der Waals surface area contributed by atoms with Crippen LogP contribution in [0.15, 0.2) is 35.2 Å². The molecule has 1 aliphatic rings. The lowest BCUT2D eigenvalue weighted by atomic mass is 10.1. The van der Waals surface area contributed by atoms with E-state index in [4.69, 9.17) is 4.74 Å². The van der Waals surface area contributed by atoms with Crippen molar-refractivity contribution in [2.45, 2.75) is 36.9 Å². The predicted molar refractivity (Wildman–Crippen MR) is 62.1 cm³/mol. The molecule has 4 heteroatoms. The number of benzene rings is 1. The summed E-state index contributed by atoms with van der Waals surface area (Å²) in [4.78, 5) is 0.397. The Kier molecular flexibility index (Phi) is 2.80. The van der Waals surface area contributed by atoms with Crippen LogP contribution in [0.4, 0.5) is 0 Å². The van der Waals surface area contributed by atoms with Gasteiger partial charge in [0.25, 0.3) is 0 Å². The molecule has 1 aromatic carbocycles. The van der Waals surface area contributed by atoms with Crippen LogP contribution in [0, 0.1) is 0 Å².